The predicted molar refractivity (Wildman–Crippen MR) is 76.6 cm³/mol. The number of nitrogens with zero attached hydrogens (tertiary/aromatic N) is 2. The van der Waals surface area contributed by atoms with Gasteiger partial charge in [-0.3, -0.25) is 4.79 Å². The fourth-order valence-corrected chi connectivity index (χ4v) is 2.91. The largest absolute Gasteiger partial charge is 0.481 e. The number of piperidine rings is 1. The Morgan fingerprint density at radius 2 is 1.85 bits per heavy atom. The second-order valence-electron chi connectivity index (χ2n) is 6.09. The van der Waals surface area contributed by atoms with E-state index >= 15 is 0 Å². The molecule has 1 saturated carbocycles. The number of aliphatic carboxylic acids is 1. The van der Waals surface area contributed by atoms with Gasteiger partial charge < -0.3 is 14.9 Å². The Morgan fingerprint density at radius 1 is 1.20 bits per heavy atom. The number of rotatable bonds is 6. The number of carbonyl (C=O) groups is 2. The fraction of sp³-hybridized carbons (Fsp3) is 0.867. The first kappa shape index (κ1) is 15.1. The van der Waals surface area contributed by atoms with Gasteiger partial charge in [-0.2, -0.15) is 0 Å². The molecule has 0 aromatic carbocycles. The smallest absolute Gasteiger partial charge is 0.320 e. The molecule has 0 atom stereocenters. The van der Waals surface area contributed by atoms with Gasteiger partial charge in [0.2, 0.25) is 0 Å². The van der Waals surface area contributed by atoms with E-state index in [-0.39, 0.29) is 18.4 Å². The van der Waals surface area contributed by atoms with Crippen LogP contribution in [0.25, 0.3) is 0 Å². The molecule has 0 radical (unpaired) electrons. The molecule has 114 valence electrons. The van der Waals surface area contributed by atoms with Crippen molar-refractivity contribution in [2.75, 3.05) is 19.6 Å². The number of hydrogen-bond donors (Lipinski definition) is 1. The first-order valence-electron chi connectivity index (χ1n) is 7.89. The van der Waals surface area contributed by atoms with Crippen molar-refractivity contribution in [3.8, 4) is 0 Å². The van der Waals surface area contributed by atoms with Crippen LogP contribution in [0.5, 0.6) is 0 Å². The molecule has 2 rings (SSSR count). The summed E-state index contributed by atoms with van der Waals surface area (Å²) in [6, 6.07) is 0.639. The Morgan fingerprint density at radius 3 is 2.35 bits per heavy atom. The van der Waals surface area contributed by atoms with Crippen LogP contribution in [0.2, 0.25) is 0 Å². The van der Waals surface area contributed by atoms with Gasteiger partial charge in [0.25, 0.3) is 0 Å². The average Bonchev–Trinajstić information content (AvgIpc) is 3.24. The van der Waals surface area contributed by atoms with Gasteiger partial charge in [-0.05, 0) is 38.0 Å². The van der Waals surface area contributed by atoms with Crippen molar-refractivity contribution in [3.63, 3.8) is 0 Å². The minimum Gasteiger partial charge on any atom is -0.481 e. The Balaban J connectivity index is 1.81. The number of carbonyl (C=O) groups excluding carboxylic acids is 1. The topological polar surface area (TPSA) is 60.9 Å². The quantitative estimate of drug-likeness (QED) is 0.814. The summed E-state index contributed by atoms with van der Waals surface area (Å²) in [4.78, 5) is 27.2. The van der Waals surface area contributed by atoms with E-state index in [1.54, 1.807) is 0 Å². The molecule has 1 heterocycles. The van der Waals surface area contributed by atoms with Crippen molar-refractivity contribution in [3.05, 3.63) is 0 Å². The van der Waals surface area contributed by atoms with E-state index in [2.05, 4.69) is 6.92 Å². The van der Waals surface area contributed by atoms with E-state index in [4.69, 9.17) is 5.11 Å². The lowest BCUT2D eigenvalue weighted by molar-refractivity contribution is -0.138. The molecule has 1 saturated heterocycles. The standard InChI is InChI=1S/C15H26N2O3/c1-2-3-8-17(13-4-5-13)15(20)16-9-6-12(7-10-16)11-14(18)19/h12-13H,2-11H2,1H3,(H,18,19). The van der Waals surface area contributed by atoms with E-state index < -0.39 is 5.97 Å². The minimum atomic E-state index is -0.725. The molecular formula is C15H26N2O3. The molecule has 5 nitrogen and oxygen atoms in total. The maximum atomic E-state index is 12.6. The number of likely N-dealkylation sites (tertiary alicyclic amines) is 1. The van der Waals surface area contributed by atoms with Crippen LogP contribution < -0.4 is 0 Å². The van der Waals surface area contributed by atoms with Crippen molar-refractivity contribution in [1.82, 2.24) is 9.80 Å². The lowest BCUT2D eigenvalue weighted by Crippen LogP contribution is -2.48. The predicted octanol–water partition coefficient (Wildman–Crippen LogP) is 2.56. The highest BCUT2D eigenvalue weighted by Crippen LogP contribution is 2.29. The normalized spacial score (nSPS) is 19.9. The molecule has 2 aliphatic rings. The van der Waals surface area contributed by atoms with E-state index in [0.717, 1.165) is 45.1 Å². The molecule has 1 aliphatic heterocycles. The molecule has 0 spiro atoms. The summed E-state index contributed by atoms with van der Waals surface area (Å²) < 4.78 is 0. The maximum absolute atomic E-state index is 12.6. The summed E-state index contributed by atoms with van der Waals surface area (Å²) in [6.07, 6.45) is 6.35. The Labute approximate surface area is 120 Å². The van der Waals surface area contributed by atoms with Gasteiger partial charge in [-0.25, -0.2) is 4.79 Å². The third-order valence-corrected chi connectivity index (χ3v) is 4.33. The zero-order valence-electron chi connectivity index (χ0n) is 12.4. The van der Waals surface area contributed by atoms with Gasteiger partial charge in [-0.1, -0.05) is 13.3 Å². The van der Waals surface area contributed by atoms with Crippen LogP contribution >= 0.6 is 0 Å². The van der Waals surface area contributed by atoms with E-state index in [0.29, 0.717) is 19.1 Å². The molecule has 1 N–H and O–H groups in total. The summed E-state index contributed by atoms with van der Waals surface area (Å²) in [7, 11) is 0. The van der Waals surface area contributed by atoms with Crippen molar-refractivity contribution in [2.45, 2.75) is 57.9 Å². The maximum Gasteiger partial charge on any atom is 0.320 e. The van der Waals surface area contributed by atoms with Gasteiger partial charge >= 0.3 is 12.0 Å². The van der Waals surface area contributed by atoms with Crippen molar-refractivity contribution in [2.24, 2.45) is 5.92 Å². The van der Waals surface area contributed by atoms with Crippen LogP contribution in [0.4, 0.5) is 4.79 Å². The number of carboxylic acids is 1. The highest BCUT2D eigenvalue weighted by atomic mass is 16.4. The van der Waals surface area contributed by atoms with Crippen LogP contribution in [0.3, 0.4) is 0 Å². The summed E-state index contributed by atoms with van der Waals surface area (Å²) >= 11 is 0. The van der Waals surface area contributed by atoms with Gasteiger partial charge in [0.15, 0.2) is 0 Å². The zero-order valence-corrected chi connectivity index (χ0v) is 12.4. The van der Waals surface area contributed by atoms with E-state index in [1.807, 2.05) is 9.80 Å². The molecule has 2 amide bonds. The van der Waals surface area contributed by atoms with Crippen LogP contribution in [0.1, 0.15) is 51.9 Å². The van der Waals surface area contributed by atoms with Gasteiger partial charge in [0.05, 0.1) is 0 Å². The van der Waals surface area contributed by atoms with Crippen LogP contribution in [-0.2, 0) is 4.79 Å². The van der Waals surface area contributed by atoms with Crippen LogP contribution in [0, 0.1) is 5.92 Å². The molecule has 0 aromatic rings. The molecule has 2 fully saturated rings. The third-order valence-electron chi connectivity index (χ3n) is 4.33. The average molecular weight is 282 g/mol. The first-order valence-corrected chi connectivity index (χ1v) is 7.89. The summed E-state index contributed by atoms with van der Waals surface area (Å²) in [5, 5.41) is 8.82. The second-order valence-corrected chi connectivity index (χ2v) is 6.09. The molecule has 20 heavy (non-hydrogen) atoms. The van der Waals surface area contributed by atoms with Crippen molar-refractivity contribution in [1.29, 1.82) is 0 Å². The number of carboxylic acid groups (broad SMARTS) is 1. The van der Waals surface area contributed by atoms with E-state index in [9.17, 15) is 9.59 Å². The monoisotopic (exact) mass is 282 g/mol. The second kappa shape index (κ2) is 6.95. The van der Waals surface area contributed by atoms with Crippen molar-refractivity contribution < 1.29 is 14.7 Å². The Hall–Kier alpha value is -1.26. The molecule has 0 aromatic heterocycles. The summed E-state index contributed by atoms with van der Waals surface area (Å²) in [5.74, 6) is -0.487. The molecule has 0 bridgehead atoms. The van der Waals surface area contributed by atoms with Crippen LogP contribution in [-0.4, -0.2) is 52.6 Å². The zero-order chi connectivity index (χ0) is 14.5. The Kier molecular flexibility index (Phi) is 5.26. The lowest BCUT2D eigenvalue weighted by Gasteiger charge is -2.35. The fourth-order valence-electron chi connectivity index (χ4n) is 2.91. The third kappa shape index (κ3) is 4.12. The summed E-state index contributed by atoms with van der Waals surface area (Å²) in [6.45, 7) is 4.44. The van der Waals surface area contributed by atoms with Gasteiger partial charge in [0.1, 0.15) is 0 Å². The number of hydrogen-bond acceptors (Lipinski definition) is 2. The van der Waals surface area contributed by atoms with E-state index in [1.165, 1.54) is 0 Å². The minimum absolute atomic E-state index is 0.176. The molecule has 5 heteroatoms. The lowest BCUT2D eigenvalue weighted by atomic mass is 9.94. The highest BCUT2D eigenvalue weighted by Gasteiger charge is 2.35. The molecule has 0 unspecified atom stereocenters. The number of amides is 2. The molecular weight excluding hydrogens is 256 g/mol. The van der Waals surface area contributed by atoms with Crippen molar-refractivity contribution >= 4 is 12.0 Å². The number of urea groups is 1. The first-order chi connectivity index (χ1) is 9.61. The number of unbranched alkanes of at least 4 members (excludes halogenated alkanes) is 1. The molecule has 1 aliphatic carbocycles. The SMILES string of the molecule is CCCCN(C(=O)N1CCC(CC(=O)O)CC1)C1CC1. The van der Waals surface area contributed by atoms with Crippen LogP contribution in [0.15, 0.2) is 0 Å². The summed E-state index contributed by atoms with van der Waals surface area (Å²) in [5.41, 5.74) is 0. The van der Waals surface area contributed by atoms with Gasteiger partial charge in [0, 0.05) is 32.1 Å². The highest BCUT2D eigenvalue weighted by molar-refractivity contribution is 5.75. The Bertz CT molecular complexity index is 347. The van der Waals surface area contributed by atoms with Gasteiger partial charge in [-0.15, -0.1) is 0 Å².